The molecule has 12 nitrogen and oxygen atoms in total. The second kappa shape index (κ2) is 13.0. The zero-order valence-electron chi connectivity index (χ0n) is 20.5. The van der Waals surface area contributed by atoms with Crippen molar-refractivity contribution in [1.29, 1.82) is 0 Å². The van der Waals surface area contributed by atoms with Gasteiger partial charge in [0.05, 0.1) is 30.4 Å². The van der Waals surface area contributed by atoms with Gasteiger partial charge in [-0.05, 0) is 38.1 Å². The van der Waals surface area contributed by atoms with E-state index in [4.69, 9.17) is 0 Å². The van der Waals surface area contributed by atoms with Gasteiger partial charge in [-0.25, -0.2) is 9.48 Å². The summed E-state index contributed by atoms with van der Waals surface area (Å²) in [6.45, 7) is 4.55. The van der Waals surface area contributed by atoms with Gasteiger partial charge >= 0.3 is 5.97 Å². The Kier molecular flexibility index (Phi) is 9.57. The largest absolute Gasteiger partial charge is 0.467 e. The maximum atomic E-state index is 12.4. The maximum Gasteiger partial charge on any atom is 0.328 e. The lowest BCUT2D eigenvalue weighted by molar-refractivity contribution is -0.144. The summed E-state index contributed by atoms with van der Waals surface area (Å²) in [5.41, 5.74) is 2.50. The van der Waals surface area contributed by atoms with Crippen LogP contribution in [0.3, 0.4) is 0 Å². The molecule has 12 heteroatoms. The molecule has 3 aromatic rings. The molecule has 0 aliphatic heterocycles. The summed E-state index contributed by atoms with van der Waals surface area (Å²) in [5, 5.41) is 13.3. The lowest BCUT2D eigenvalue weighted by Crippen LogP contribution is -2.50. The van der Waals surface area contributed by atoms with E-state index in [2.05, 4.69) is 40.6 Å². The predicted octanol–water partition coefficient (Wildman–Crippen LogP) is 0.453. The molecule has 0 spiro atoms. The van der Waals surface area contributed by atoms with Crippen LogP contribution in [0.1, 0.15) is 30.9 Å². The number of esters is 1. The van der Waals surface area contributed by atoms with Crippen LogP contribution >= 0.6 is 0 Å². The van der Waals surface area contributed by atoms with Crippen molar-refractivity contribution in [3.05, 3.63) is 72.1 Å². The summed E-state index contributed by atoms with van der Waals surface area (Å²) in [6.07, 6.45) is 5.19. The number of hydrogen-bond acceptors (Lipinski definition) is 9. The minimum absolute atomic E-state index is 0.113. The first-order valence-corrected chi connectivity index (χ1v) is 11.4. The fourth-order valence-corrected chi connectivity index (χ4v) is 3.40. The number of rotatable bonds is 12. The SMILES string of the molecule is COC(=O)[C@H](C)NC(=O)[C@H](C)NC(=O)Cn1cc(CN(Cc2ccccn2)Cc2ccccn2)nn1. The Morgan fingerprint density at radius 1 is 0.917 bits per heavy atom. The summed E-state index contributed by atoms with van der Waals surface area (Å²) in [5.74, 6) is -1.49. The van der Waals surface area contributed by atoms with Crippen molar-refractivity contribution < 1.29 is 19.1 Å². The first-order valence-electron chi connectivity index (χ1n) is 11.4. The third-order valence-corrected chi connectivity index (χ3v) is 5.19. The number of pyridine rings is 2. The van der Waals surface area contributed by atoms with E-state index in [0.717, 1.165) is 11.4 Å². The van der Waals surface area contributed by atoms with Crippen molar-refractivity contribution in [2.45, 2.75) is 52.1 Å². The Hall–Kier alpha value is -4.19. The van der Waals surface area contributed by atoms with E-state index >= 15 is 0 Å². The van der Waals surface area contributed by atoms with Crippen molar-refractivity contribution in [1.82, 2.24) is 40.5 Å². The predicted molar refractivity (Wildman–Crippen MR) is 129 cm³/mol. The number of nitrogens with one attached hydrogen (secondary N) is 2. The Morgan fingerprint density at radius 3 is 2.08 bits per heavy atom. The van der Waals surface area contributed by atoms with Crippen molar-refractivity contribution in [2.24, 2.45) is 0 Å². The van der Waals surface area contributed by atoms with Crippen LogP contribution in [0.15, 0.2) is 55.0 Å². The van der Waals surface area contributed by atoms with Gasteiger partial charge in [-0.15, -0.1) is 5.10 Å². The quantitative estimate of drug-likeness (QED) is 0.343. The molecule has 3 aromatic heterocycles. The van der Waals surface area contributed by atoms with E-state index in [0.29, 0.717) is 25.3 Å². The number of carbonyl (C=O) groups excluding carboxylic acids is 3. The molecule has 0 saturated carbocycles. The van der Waals surface area contributed by atoms with Gasteiger partial charge in [0.2, 0.25) is 11.8 Å². The van der Waals surface area contributed by atoms with Crippen molar-refractivity contribution in [3.8, 4) is 0 Å². The molecule has 0 radical (unpaired) electrons. The standard InChI is InChI=1S/C24H30N8O4/c1-17(23(34)28-18(2)24(35)36-3)27-22(33)16-32-15-21(29-30-32)14-31(12-19-8-4-6-10-25-19)13-20-9-5-7-11-26-20/h4-11,15,17-18H,12-14,16H2,1-3H3,(H,27,33)(H,28,34)/t17-,18-/m0/s1. The molecule has 36 heavy (non-hydrogen) atoms. The molecule has 0 unspecified atom stereocenters. The number of ether oxygens (including phenoxy) is 1. The second-order valence-electron chi connectivity index (χ2n) is 8.24. The average Bonchev–Trinajstić information content (AvgIpc) is 3.30. The summed E-state index contributed by atoms with van der Waals surface area (Å²) >= 11 is 0. The van der Waals surface area contributed by atoms with Crippen LogP contribution in [0, 0.1) is 0 Å². The second-order valence-corrected chi connectivity index (χ2v) is 8.24. The van der Waals surface area contributed by atoms with Gasteiger partial charge in [0.15, 0.2) is 0 Å². The highest BCUT2D eigenvalue weighted by Gasteiger charge is 2.21. The number of aromatic nitrogens is 5. The summed E-state index contributed by atoms with van der Waals surface area (Å²) in [4.78, 5) is 47.0. The lowest BCUT2D eigenvalue weighted by Gasteiger charge is -2.20. The zero-order chi connectivity index (χ0) is 25.9. The van der Waals surface area contributed by atoms with E-state index in [1.807, 2.05) is 36.4 Å². The molecule has 2 N–H and O–H groups in total. The van der Waals surface area contributed by atoms with Gasteiger partial charge in [-0.3, -0.25) is 24.5 Å². The lowest BCUT2D eigenvalue weighted by atomic mass is 10.2. The van der Waals surface area contributed by atoms with Crippen LogP contribution in [0.4, 0.5) is 0 Å². The smallest absolute Gasteiger partial charge is 0.328 e. The normalized spacial score (nSPS) is 12.6. The molecule has 3 rings (SSSR count). The van der Waals surface area contributed by atoms with Crippen LogP contribution in [-0.4, -0.2) is 66.8 Å². The summed E-state index contributed by atoms with van der Waals surface area (Å²) < 4.78 is 5.99. The fourth-order valence-electron chi connectivity index (χ4n) is 3.40. The number of hydrogen-bond donors (Lipinski definition) is 2. The average molecular weight is 495 g/mol. The monoisotopic (exact) mass is 494 g/mol. The van der Waals surface area contributed by atoms with E-state index in [1.54, 1.807) is 18.6 Å². The summed E-state index contributed by atoms with van der Waals surface area (Å²) in [6, 6.07) is 9.85. The van der Waals surface area contributed by atoms with E-state index in [1.165, 1.54) is 25.6 Å². The number of carbonyl (C=O) groups is 3. The maximum absolute atomic E-state index is 12.4. The van der Waals surface area contributed by atoms with Crippen LogP contribution in [-0.2, 0) is 45.3 Å². The van der Waals surface area contributed by atoms with Crippen molar-refractivity contribution in [3.63, 3.8) is 0 Å². The molecular weight excluding hydrogens is 464 g/mol. The van der Waals surface area contributed by atoms with E-state index in [-0.39, 0.29) is 6.54 Å². The first-order chi connectivity index (χ1) is 17.3. The molecule has 3 heterocycles. The number of nitrogens with zero attached hydrogens (tertiary/aromatic N) is 6. The summed E-state index contributed by atoms with van der Waals surface area (Å²) in [7, 11) is 1.24. The molecular formula is C24H30N8O4. The fraction of sp³-hybridized carbons (Fsp3) is 0.375. The first kappa shape index (κ1) is 26.4. The van der Waals surface area contributed by atoms with Crippen LogP contribution in [0.2, 0.25) is 0 Å². The molecule has 2 atom stereocenters. The van der Waals surface area contributed by atoms with Gasteiger partial charge in [-0.2, -0.15) is 0 Å². The molecule has 0 saturated heterocycles. The van der Waals surface area contributed by atoms with Crippen LogP contribution in [0.5, 0.6) is 0 Å². The van der Waals surface area contributed by atoms with Gasteiger partial charge in [0.1, 0.15) is 18.6 Å². The minimum atomic E-state index is -0.847. The van der Waals surface area contributed by atoms with Gasteiger partial charge < -0.3 is 15.4 Å². The molecule has 0 aliphatic rings. The zero-order valence-corrected chi connectivity index (χ0v) is 20.5. The molecule has 2 amide bonds. The van der Waals surface area contributed by atoms with E-state index in [9.17, 15) is 14.4 Å². The van der Waals surface area contributed by atoms with Crippen molar-refractivity contribution in [2.75, 3.05) is 7.11 Å². The minimum Gasteiger partial charge on any atom is -0.467 e. The Labute approximate surface area is 209 Å². The molecule has 190 valence electrons. The van der Waals surface area contributed by atoms with Gasteiger partial charge in [0.25, 0.3) is 0 Å². The topological polar surface area (TPSA) is 144 Å². The molecule has 0 fully saturated rings. The third kappa shape index (κ3) is 8.24. The van der Waals surface area contributed by atoms with Crippen LogP contribution in [0.25, 0.3) is 0 Å². The molecule has 0 bridgehead atoms. The Morgan fingerprint density at radius 2 is 1.53 bits per heavy atom. The van der Waals surface area contributed by atoms with Gasteiger partial charge in [0, 0.05) is 32.0 Å². The highest BCUT2D eigenvalue weighted by atomic mass is 16.5. The highest BCUT2D eigenvalue weighted by Crippen LogP contribution is 2.10. The Bertz CT molecular complexity index is 1100. The number of methoxy groups -OCH3 is 1. The third-order valence-electron chi connectivity index (χ3n) is 5.19. The number of amides is 2. The Balaban J connectivity index is 1.57. The molecule has 0 aromatic carbocycles. The highest BCUT2D eigenvalue weighted by molar-refractivity contribution is 5.90. The van der Waals surface area contributed by atoms with Crippen molar-refractivity contribution >= 4 is 17.8 Å². The van der Waals surface area contributed by atoms with Crippen LogP contribution < -0.4 is 10.6 Å². The van der Waals surface area contributed by atoms with E-state index < -0.39 is 29.9 Å². The molecule has 0 aliphatic carbocycles. The van der Waals surface area contributed by atoms with Gasteiger partial charge in [-0.1, -0.05) is 17.3 Å².